The second-order valence-electron chi connectivity index (χ2n) is 6.84. The molecule has 0 N–H and O–H groups in total. The molecule has 2 rings (SSSR count). The largest absolute Gasteiger partial charge is 0.0654 e. The van der Waals surface area contributed by atoms with Gasteiger partial charge >= 0.3 is 0 Å². The van der Waals surface area contributed by atoms with Gasteiger partial charge in [0.25, 0.3) is 0 Å². The molecule has 17 heavy (non-hydrogen) atoms. The third kappa shape index (κ3) is 2.03. The SMILES string of the molecule is CCCC1CC(C)(C)c2ccccc2C1(C)C. The minimum atomic E-state index is 0.335. The summed E-state index contributed by atoms with van der Waals surface area (Å²) >= 11 is 0. The van der Waals surface area contributed by atoms with Gasteiger partial charge in [-0.15, -0.1) is 0 Å². The van der Waals surface area contributed by atoms with E-state index in [-0.39, 0.29) is 0 Å². The van der Waals surface area contributed by atoms with Crippen LogP contribution in [0.4, 0.5) is 0 Å². The molecule has 0 aromatic heterocycles. The number of fused-ring (bicyclic) bond motifs is 1. The monoisotopic (exact) mass is 230 g/mol. The fourth-order valence-electron chi connectivity index (χ4n) is 3.65. The first-order valence-corrected chi connectivity index (χ1v) is 6.99. The maximum absolute atomic E-state index is 2.43. The molecule has 1 aromatic carbocycles. The maximum Gasteiger partial charge on any atom is -0.00721 e. The fourth-order valence-corrected chi connectivity index (χ4v) is 3.65. The van der Waals surface area contributed by atoms with E-state index in [0.29, 0.717) is 10.8 Å². The molecule has 0 radical (unpaired) electrons. The van der Waals surface area contributed by atoms with Crippen molar-refractivity contribution in [3.05, 3.63) is 35.4 Å². The summed E-state index contributed by atoms with van der Waals surface area (Å²) in [4.78, 5) is 0. The van der Waals surface area contributed by atoms with Gasteiger partial charge in [0.05, 0.1) is 0 Å². The Bertz CT molecular complexity index is 398. The third-order valence-electron chi connectivity index (χ3n) is 4.76. The summed E-state index contributed by atoms with van der Waals surface area (Å²) in [5, 5.41) is 0. The Hall–Kier alpha value is -0.780. The van der Waals surface area contributed by atoms with Gasteiger partial charge in [-0.3, -0.25) is 0 Å². The molecule has 0 spiro atoms. The molecule has 0 saturated heterocycles. The smallest absolute Gasteiger partial charge is 0.00721 e. The van der Waals surface area contributed by atoms with Gasteiger partial charge in [0.15, 0.2) is 0 Å². The van der Waals surface area contributed by atoms with E-state index in [9.17, 15) is 0 Å². The van der Waals surface area contributed by atoms with Crippen molar-refractivity contribution in [3.63, 3.8) is 0 Å². The summed E-state index contributed by atoms with van der Waals surface area (Å²) in [6.07, 6.45) is 3.97. The Morgan fingerprint density at radius 1 is 1.06 bits per heavy atom. The van der Waals surface area contributed by atoms with Crippen LogP contribution in [0.25, 0.3) is 0 Å². The van der Waals surface area contributed by atoms with Crippen molar-refractivity contribution >= 4 is 0 Å². The summed E-state index contributed by atoms with van der Waals surface area (Å²) < 4.78 is 0. The second-order valence-corrected chi connectivity index (χ2v) is 6.84. The van der Waals surface area contributed by atoms with Crippen molar-refractivity contribution in [2.24, 2.45) is 5.92 Å². The van der Waals surface area contributed by atoms with Gasteiger partial charge in [0, 0.05) is 0 Å². The van der Waals surface area contributed by atoms with Crippen LogP contribution in [0, 0.1) is 5.92 Å². The van der Waals surface area contributed by atoms with Crippen molar-refractivity contribution in [1.82, 2.24) is 0 Å². The van der Waals surface area contributed by atoms with E-state index in [0.717, 1.165) is 5.92 Å². The number of hydrogen-bond donors (Lipinski definition) is 0. The Kier molecular flexibility index (Phi) is 3.10. The van der Waals surface area contributed by atoms with Crippen LogP contribution in [-0.4, -0.2) is 0 Å². The fraction of sp³-hybridized carbons (Fsp3) is 0.647. The van der Waals surface area contributed by atoms with Gasteiger partial charge in [0.1, 0.15) is 0 Å². The van der Waals surface area contributed by atoms with Crippen LogP contribution in [0.2, 0.25) is 0 Å². The van der Waals surface area contributed by atoms with E-state index in [2.05, 4.69) is 58.9 Å². The highest BCUT2D eigenvalue weighted by molar-refractivity contribution is 5.41. The van der Waals surface area contributed by atoms with E-state index >= 15 is 0 Å². The lowest BCUT2D eigenvalue weighted by Gasteiger charge is -2.48. The van der Waals surface area contributed by atoms with Crippen LogP contribution in [0.1, 0.15) is 65.0 Å². The molecule has 1 aliphatic carbocycles. The molecule has 0 saturated carbocycles. The number of rotatable bonds is 2. The van der Waals surface area contributed by atoms with E-state index in [1.54, 1.807) is 11.1 Å². The normalized spacial score (nSPS) is 25.4. The molecule has 0 amide bonds. The van der Waals surface area contributed by atoms with Crippen molar-refractivity contribution in [1.29, 1.82) is 0 Å². The summed E-state index contributed by atoms with van der Waals surface area (Å²) in [7, 11) is 0. The summed E-state index contributed by atoms with van der Waals surface area (Å²) in [5.74, 6) is 0.817. The molecule has 1 aromatic rings. The predicted octanol–water partition coefficient (Wildman–Crippen LogP) is 5.06. The third-order valence-corrected chi connectivity index (χ3v) is 4.76. The lowest BCUT2D eigenvalue weighted by molar-refractivity contribution is 0.201. The molecular weight excluding hydrogens is 204 g/mol. The topological polar surface area (TPSA) is 0 Å². The zero-order chi connectivity index (χ0) is 12.7. The first kappa shape index (κ1) is 12.7. The molecule has 0 nitrogen and oxygen atoms in total. The predicted molar refractivity (Wildman–Crippen MR) is 75.5 cm³/mol. The zero-order valence-corrected chi connectivity index (χ0v) is 12.0. The summed E-state index contributed by atoms with van der Waals surface area (Å²) in [6, 6.07) is 9.07. The second kappa shape index (κ2) is 4.15. The maximum atomic E-state index is 2.43. The molecule has 0 heteroatoms. The first-order valence-electron chi connectivity index (χ1n) is 6.99. The molecule has 1 atom stereocenters. The average Bonchev–Trinajstić information content (AvgIpc) is 2.27. The Morgan fingerprint density at radius 3 is 2.24 bits per heavy atom. The van der Waals surface area contributed by atoms with Crippen molar-refractivity contribution in [2.45, 2.75) is 64.7 Å². The highest BCUT2D eigenvalue weighted by Crippen LogP contribution is 2.50. The van der Waals surface area contributed by atoms with Gasteiger partial charge in [-0.05, 0) is 40.7 Å². The summed E-state index contributed by atoms with van der Waals surface area (Å²) in [6.45, 7) is 12.0. The van der Waals surface area contributed by atoms with Crippen molar-refractivity contribution in [3.8, 4) is 0 Å². The number of benzene rings is 1. The molecule has 1 unspecified atom stereocenters. The van der Waals surface area contributed by atoms with Gasteiger partial charge in [-0.1, -0.05) is 65.3 Å². The Morgan fingerprint density at radius 2 is 1.65 bits per heavy atom. The molecule has 0 fully saturated rings. The van der Waals surface area contributed by atoms with Crippen LogP contribution in [-0.2, 0) is 10.8 Å². The van der Waals surface area contributed by atoms with Gasteiger partial charge in [-0.25, -0.2) is 0 Å². The van der Waals surface area contributed by atoms with Gasteiger partial charge < -0.3 is 0 Å². The molecule has 94 valence electrons. The summed E-state index contributed by atoms with van der Waals surface area (Å²) in [5.41, 5.74) is 3.82. The standard InChI is InChI=1S/C17H26/c1-6-9-13-12-16(2,3)14-10-7-8-11-15(14)17(13,4)5/h7-8,10-11,13H,6,9,12H2,1-5H3. The van der Waals surface area contributed by atoms with Crippen LogP contribution < -0.4 is 0 Å². The van der Waals surface area contributed by atoms with E-state index < -0.39 is 0 Å². The minimum absolute atomic E-state index is 0.335. The van der Waals surface area contributed by atoms with E-state index in [1.165, 1.54) is 19.3 Å². The van der Waals surface area contributed by atoms with E-state index in [4.69, 9.17) is 0 Å². The van der Waals surface area contributed by atoms with Gasteiger partial charge in [-0.2, -0.15) is 0 Å². The van der Waals surface area contributed by atoms with Crippen molar-refractivity contribution in [2.75, 3.05) is 0 Å². The van der Waals surface area contributed by atoms with Crippen LogP contribution in [0.3, 0.4) is 0 Å². The molecule has 1 aliphatic rings. The van der Waals surface area contributed by atoms with Gasteiger partial charge in [0.2, 0.25) is 0 Å². The van der Waals surface area contributed by atoms with Crippen LogP contribution >= 0.6 is 0 Å². The van der Waals surface area contributed by atoms with E-state index in [1.807, 2.05) is 0 Å². The lowest BCUT2D eigenvalue weighted by atomic mass is 9.57. The van der Waals surface area contributed by atoms with Crippen molar-refractivity contribution < 1.29 is 0 Å². The Balaban J connectivity index is 2.52. The zero-order valence-electron chi connectivity index (χ0n) is 12.0. The Labute approximate surface area is 106 Å². The molecular formula is C17H26. The van der Waals surface area contributed by atoms with Crippen LogP contribution in [0.5, 0.6) is 0 Å². The lowest BCUT2D eigenvalue weighted by Crippen LogP contribution is -2.41. The molecule has 0 bridgehead atoms. The highest BCUT2D eigenvalue weighted by Gasteiger charge is 2.42. The molecule has 0 heterocycles. The molecule has 0 aliphatic heterocycles. The average molecular weight is 230 g/mol. The quantitative estimate of drug-likeness (QED) is 0.666. The number of hydrogen-bond acceptors (Lipinski definition) is 0. The van der Waals surface area contributed by atoms with Crippen LogP contribution in [0.15, 0.2) is 24.3 Å². The highest BCUT2D eigenvalue weighted by atomic mass is 14.5. The minimum Gasteiger partial charge on any atom is -0.0654 e. The first-order chi connectivity index (χ1) is 7.89.